The van der Waals surface area contributed by atoms with E-state index in [1.54, 1.807) is 45.3 Å². The Hall–Kier alpha value is -3.62. The molecule has 4 rings (SSSR count). The Morgan fingerprint density at radius 2 is 1.89 bits per heavy atom. The number of rotatable bonds is 7. The van der Waals surface area contributed by atoms with Crippen LogP contribution >= 0.6 is 0 Å². The molecule has 0 aromatic carbocycles. The van der Waals surface area contributed by atoms with Crippen molar-refractivity contribution in [2.24, 2.45) is 0 Å². The fourth-order valence-corrected chi connectivity index (χ4v) is 5.25. The highest BCUT2D eigenvalue weighted by atomic mass is 32.2. The number of urea groups is 1. The van der Waals surface area contributed by atoms with Crippen LogP contribution in [0.25, 0.3) is 16.8 Å². The van der Waals surface area contributed by atoms with Gasteiger partial charge in [-0.25, -0.2) is 22.4 Å². The Balaban J connectivity index is 1.40. The molecule has 0 atom stereocenters. The maximum absolute atomic E-state index is 12.7. The summed E-state index contributed by atoms with van der Waals surface area (Å²) in [6.45, 7) is 6.83. The van der Waals surface area contributed by atoms with Crippen LogP contribution in [-0.2, 0) is 14.8 Å². The Bertz CT molecular complexity index is 1390. The summed E-state index contributed by atoms with van der Waals surface area (Å²) in [6.07, 6.45) is 6.21. The number of sulfonamides is 1. The lowest BCUT2D eigenvalue weighted by atomic mass is 10.1. The summed E-state index contributed by atoms with van der Waals surface area (Å²) >= 11 is 0. The molecular formula is C23H31N9O4S. The molecule has 0 bridgehead atoms. The van der Waals surface area contributed by atoms with Crippen LogP contribution in [0.2, 0.25) is 0 Å². The number of pyridine rings is 2. The van der Waals surface area contributed by atoms with E-state index in [2.05, 4.69) is 41.1 Å². The van der Waals surface area contributed by atoms with Crippen molar-refractivity contribution in [3.05, 3.63) is 36.8 Å². The minimum Gasteiger partial charge on any atom is -0.352 e. The first-order valence-corrected chi connectivity index (χ1v) is 13.4. The van der Waals surface area contributed by atoms with Gasteiger partial charge < -0.3 is 16.0 Å². The van der Waals surface area contributed by atoms with Crippen molar-refractivity contribution in [1.29, 1.82) is 0 Å². The summed E-state index contributed by atoms with van der Waals surface area (Å²) in [5.41, 5.74) is 1.06. The van der Waals surface area contributed by atoms with E-state index >= 15 is 0 Å². The molecule has 1 aliphatic heterocycles. The SMILES string of the molecule is CC(C)(C)NS(=O)(=O)c1cncc(-c2ccc3nc(NC(=O)NCC(=O)NC4CCNCC4)nn3c2)c1. The molecular weight excluding hydrogens is 498 g/mol. The maximum atomic E-state index is 12.7. The van der Waals surface area contributed by atoms with E-state index in [-0.39, 0.29) is 29.3 Å². The lowest BCUT2D eigenvalue weighted by Crippen LogP contribution is -2.46. The van der Waals surface area contributed by atoms with Gasteiger partial charge in [0.1, 0.15) is 4.90 Å². The first kappa shape index (κ1) is 26.4. The Morgan fingerprint density at radius 3 is 2.62 bits per heavy atom. The van der Waals surface area contributed by atoms with Crippen LogP contribution in [0, 0.1) is 0 Å². The van der Waals surface area contributed by atoms with Crippen LogP contribution < -0.4 is 26.0 Å². The number of nitrogens with one attached hydrogen (secondary N) is 5. The summed E-state index contributed by atoms with van der Waals surface area (Å²) in [4.78, 5) is 32.7. The first-order valence-electron chi connectivity index (χ1n) is 11.9. The number of aromatic nitrogens is 4. The number of amides is 3. The van der Waals surface area contributed by atoms with Gasteiger partial charge in [-0.05, 0) is 64.9 Å². The maximum Gasteiger partial charge on any atom is 0.322 e. The van der Waals surface area contributed by atoms with E-state index < -0.39 is 21.6 Å². The molecule has 0 unspecified atom stereocenters. The van der Waals surface area contributed by atoms with Gasteiger partial charge in [0.15, 0.2) is 5.65 Å². The van der Waals surface area contributed by atoms with Crippen molar-refractivity contribution in [3.63, 3.8) is 0 Å². The van der Waals surface area contributed by atoms with E-state index in [0.29, 0.717) is 16.8 Å². The smallest absolute Gasteiger partial charge is 0.322 e. The van der Waals surface area contributed by atoms with E-state index in [1.165, 1.54) is 16.8 Å². The minimum absolute atomic E-state index is 0.0434. The van der Waals surface area contributed by atoms with Crippen molar-refractivity contribution in [1.82, 2.24) is 40.3 Å². The summed E-state index contributed by atoms with van der Waals surface area (Å²) in [7, 11) is -3.75. The molecule has 5 N–H and O–H groups in total. The van der Waals surface area contributed by atoms with Gasteiger partial charge in [0, 0.05) is 41.3 Å². The molecule has 3 aromatic heterocycles. The van der Waals surface area contributed by atoms with Gasteiger partial charge in [-0.2, -0.15) is 4.98 Å². The Morgan fingerprint density at radius 1 is 1.14 bits per heavy atom. The minimum atomic E-state index is -3.75. The lowest BCUT2D eigenvalue weighted by molar-refractivity contribution is -0.120. The van der Waals surface area contributed by atoms with Gasteiger partial charge in [0.25, 0.3) is 5.95 Å². The van der Waals surface area contributed by atoms with Crippen molar-refractivity contribution < 1.29 is 18.0 Å². The molecule has 3 aromatic rings. The molecule has 1 saturated heterocycles. The number of carbonyl (C=O) groups excluding carboxylic acids is 2. The third kappa shape index (κ3) is 7.21. The van der Waals surface area contributed by atoms with E-state index in [0.717, 1.165) is 25.9 Å². The summed E-state index contributed by atoms with van der Waals surface area (Å²) in [6, 6.07) is 4.47. The normalized spacial score (nSPS) is 14.9. The predicted molar refractivity (Wildman–Crippen MR) is 137 cm³/mol. The van der Waals surface area contributed by atoms with Gasteiger partial charge in [0.2, 0.25) is 15.9 Å². The molecule has 14 heteroatoms. The molecule has 13 nitrogen and oxygen atoms in total. The van der Waals surface area contributed by atoms with Gasteiger partial charge in [-0.1, -0.05) is 0 Å². The highest BCUT2D eigenvalue weighted by Crippen LogP contribution is 2.23. The van der Waals surface area contributed by atoms with Crippen LogP contribution in [-0.4, -0.2) is 71.2 Å². The zero-order valence-electron chi connectivity index (χ0n) is 20.9. The molecule has 4 heterocycles. The van der Waals surface area contributed by atoms with Gasteiger partial charge in [0.05, 0.1) is 6.54 Å². The fraction of sp³-hybridized carbons (Fsp3) is 0.435. The van der Waals surface area contributed by atoms with E-state index in [1.807, 2.05) is 0 Å². The number of hydrogen-bond donors (Lipinski definition) is 5. The number of fused-ring (bicyclic) bond motifs is 1. The van der Waals surface area contributed by atoms with Gasteiger partial charge >= 0.3 is 6.03 Å². The predicted octanol–water partition coefficient (Wildman–Crippen LogP) is 0.858. The largest absolute Gasteiger partial charge is 0.352 e. The molecule has 1 aliphatic rings. The highest BCUT2D eigenvalue weighted by Gasteiger charge is 2.23. The third-order valence-electron chi connectivity index (χ3n) is 5.47. The van der Waals surface area contributed by atoms with Gasteiger partial charge in [-0.3, -0.25) is 15.1 Å². The molecule has 0 aliphatic carbocycles. The third-order valence-corrected chi connectivity index (χ3v) is 7.19. The standard InChI is InChI=1S/C23H31N9O4S/c1-23(2,3)31-37(35,36)18-10-16(11-25-12-18)15-4-5-19-28-21(30-32(19)14-15)29-22(34)26-13-20(33)27-17-6-8-24-9-7-17/h4-5,10-12,14,17,24,31H,6-9,13H2,1-3H3,(H,27,33)(H2,26,29,30,34). The zero-order chi connectivity index (χ0) is 26.6. The Kier molecular flexibility index (Phi) is 7.71. The van der Waals surface area contributed by atoms with Crippen molar-refractivity contribution >= 4 is 33.6 Å². The second-order valence-corrected chi connectivity index (χ2v) is 11.5. The lowest BCUT2D eigenvalue weighted by Gasteiger charge is -2.23. The number of piperidine rings is 1. The molecule has 0 saturated carbocycles. The number of carbonyl (C=O) groups is 2. The van der Waals surface area contributed by atoms with Crippen LogP contribution in [0.3, 0.4) is 0 Å². The average molecular weight is 530 g/mol. The second-order valence-electron chi connectivity index (χ2n) is 9.82. The number of hydrogen-bond acceptors (Lipinski definition) is 8. The van der Waals surface area contributed by atoms with Gasteiger partial charge in [-0.15, -0.1) is 5.10 Å². The average Bonchev–Trinajstić information content (AvgIpc) is 3.23. The monoisotopic (exact) mass is 529 g/mol. The molecule has 0 radical (unpaired) electrons. The Labute approximate surface area is 214 Å². The molecule has 0 spiro atoms. The zero-order valence-corrected chi connectivity index (χ0v) is 21.7. The molecule has 3 amide bonds. The quantitative estimate of drug-likeness (QED) is 0.300. The van der Waals surface area contributed by atoms with Crippen LogP contribution in [0.1, 0.15) is 33.6 Å². The fourth-order valence-electron chi connectivity index (χ4n) is 3.84. The summed E-state index contributed by atoms with van der Waals surface area (Å²) in [5, 5.41) is 15.4. The number of nitrogens with zero attached hydrogens (tertiary/aromatic N) is 4. The topological polar surface area (TPSA) is 172 Å². The highest BCUT2D eigenvalue weighted by molar-refractivity contribution is 7.89. The van der Waals surface area contributed by atoms with Crippen LogP contribution in [0.5, 0.6) is 0 Å². The summed E-state index contributed by atoms with van der Waals surface area (Å²) < 4.78 is 29.5. The van der Waals surface area contributed by atoms with Crippen molar-refractivity contribution in [2.45, 2.75) is 50.1 Å². The van der Waals surface area contributed by atoms with Crippen LogP contribution in [0.4, 0.5) is 10.7 Å². The second kappa shape index (κ2) is 10.8. The van der Waals surface area contributed by atoms with Crippen molar-refractivity contribution in [3.8, 4) is 11.1 Å². The van der Waals surface area contributed by atoms with E-state index in [9.17, 15) is 18.0 Å². The molecule has 1 fully saturated rings. The van der Waals surface area contributed by atoms with E-state index in [4.69, 9.17) is 0 Å². The van der Waals surface area contributed by atoms with Crippen LogP contribution in [0.15, 0.2) is 41.7 Å². The summed E-state index contributed by atoms with van der Waals surface area (Å²) in [5.74, 6) is -0.206. The van der Waals surface area contributed by atoms with Crippen molar-refractivity contribution in [2.75, 3.05) is 25.0 Å². The molecule has 198 valence electrons. The molecule has 37 heavy (non-hydrogen) atoms. The number of anilines is 1. The first-order chi connectivity index (χ1) is 17.5.